The Kier molecular flexibility index (Phi) is 2.79. The average molecular weight is 207 g/mol. The molecule has 1 unspecified atom stereocenters. The molecule has 2 rings (SSSR count). The van der Waals surface area contributed by atoms with E-state index in [4.69, 9.17) is 5.73 Å². The van der Waals surface area contributed by atoms with E-state index in [1.165, 1.54) is 37.0 Å². The SMILES string of the molecule is CC(c1ccc(F)cc1)C1(CN)CCC1. The van der Waals surface area contributed by atoms with Crippen molar-refractivity contribution in [1.82, 2.24) is 0 Å². The first-order valence-corrected chi connectivity index (χ1v) is 5.63. The zero-order chi connectivity index (χ0) is 10.9. The van der Waals surface area contributed by atoms with Crippen LogP contribution in [0.2, 0.25) is 0 Å². The van der Waals surface area contributed by atoms with Crippen LogP contribution in [0.4, 0.5) is 4.39 Å². The predicted octanol–water partition coefficient (Wildman–Crippen LogP) is 3.06. The number of benzene rings is 1. The van der Waals surface area contributed by atoms with Gasteiger partial charge in [-0.1, -0.05) is 25.5 Å². The van der Waals surface area contributed by atoms with Gasteiger partial charge in [0.1, 0.15) is 5.82 Å². The summed E-state index contributed by atoms with van der Waals surface area (Å²) in [6, 6.07) is 6.84. The fraction of sp³-hybridized carbons (Fsp3) is 0.538. The van der Waals surface area contributed by atoms with Crippen LogP contribution in [0.25, 0.3) is 0 Å². The lowest BCUT2D eigenvalue weighted by Gasteiger charge is -2.46. The highest BCUT2D eigenvalue weighted by Crippen LogP contribution is 2.50. The summed E-state index contributed by atoms with van der Waals surface area (Å²) in [7, 11) is 0. The van der Waals surface area contributed by atoms with Gasteiger partial charge in [-0.05, 0) is 48.4 Å². The molecule has 0 bridgehead atoms. The molecule has 0 amide bonds. The molecular weight excluding hydrogens is 189 g/mol. The topological polar surface area (TPSA) is 26.0 Å². The molecule has 1 fully saturated rings. The number of hydrogen-bond acceptors (Lipinski definition) is 1. The van der Waals surface area contributed by atoms with Gasteiger partial charge < -0.3 is 5.73 Å². The van der Waals surface area contributed by atoms with Gasteiger partial charge in [-0.2, -0.15) is 0 Å². The second-order valence-electron chi connectivity index (χ2n) is 4.69. The summed E-state index contributed by atoms with van der Waals surface area (Å²) in [4.78, 5) is 0. The van der Waals surface area contributed by atoms with Crippen LogP contribution >= 0.6 is 0 Å². The molecule has 0 aliphatic heterocycles. The third-order valence-corrected chi connectivity index (χ3v) is 4.04. The normalized spacial score (nSPS) is 20.7. The Morgan fingerprint density at radius 1 is 1.33 bits per heavy atom. The van der Waals surface area contributed by atoms with E-state index in [1.54, 1.807) is 0 Å². The highest BCUT2D eigenvalue weighted by molar-refractivity contribution is 5.23. The lowest BCUT2D eigenvalue weighted by Crippen LogP contribution is -2.41. The van der Waals surface area contributed by atoms with Crippen molar-refractivity contribution in [3.63, 3.8) is 0 Å². The summed E-state index contributed by atoms with van der Waals surface area (Å²) in [5, 5.41) is 0. The Balaban J connectivity index is 2.19. The molecule has 1 aromatic carbocycles. The molecule has 1 aliphatic carbocycles. The van der Waals surface area contributed by atoms with Crippen molar-refractivity contribution in [2.45, 2.75) is 32.1 Å². The van der Waals surface area contributed by atoms with E-state index in [0.717, 1.165) is 6.54 Å². The van der Waals surface area contributed by atoms with Crippen molar-refractivity contribution in [3.05, 3.63) is 35.6 Å². The lowest BCUT2D eigenvalue weighted by molar-refractivity contribution is 0.110. The summed E-state index contributed by atoms with van der Waals surface area (Å²) < 4.78 is 12.8. The van der Waals surface area contributed by atoms with Crippen molar-refractivity contribution in [2.75, 3.05) is 6.54 Å². The van der Waals surface area contributed by atoms with Crippen LogP contribution in [0.1, 0.15) is 37.7 Å². The molecule has 82 valence electrons. The van der Waals surface area contributed by atoms with Gasteiger partial charge in [0.05, 0.1) is 0 Å². The second-order valence-corrected chi connectivity index (χ2v) is 4.69. The average Bonchev–Trinajstić information content (AvgIpc) is 2.18. The minimum atomic E-state index is -0.165. The highest BCUT2D eigenvalue weighted by Gasteiger charge is 2.40. The van der Waals surface area contributed by atoms with Gasteiger partial charge in [0.2, 0.25) is 0 Å². The van der Waals surface area contributed by atoms with Gasteiger partial charge >= 0.3 is 0 Å². The van der Waals surface area contributed by atoms with Crippen LogP contribution in [0.5, 0.6) is 0 Å². The molecule has 1 nitrogen and oxygen atoms in total. The standard InChI is InChI=1S/C13H18FN/c1-10(13(9-15)7-2-8-13)11-3-5-12(14)6-4-11/h3-6,10H,2,7-9,15H2,1H3. The first-order chi connectivity index (χ1) is 7.18. The number of rotatable bonds is 3. The number of halogens is 1. The summed E-state index contributed by atoms with van der Waals surface area (Å²) in [6.07, 6.45) is 3.70. The van der Waals surface area contributed by atoms with E-state index in [2.05, 4.69) is 6.92 Å². The van der Waals surface area contributed by atoms with E-state index in [-0.39, 0.29) is 11.2 Å². The van der Waals surface area contributed by atoms with E-state index in [1.807, 2.05) is 12.1 Å². The summed E-state index contributed by atoms with van der Waals surface area (Å²) >= 11 is 0. The third kappa shape index (κ3) is 1.78. The fourth-order valence-electron chi connectivity index (χ4n) is 2.55. The zero-order valence-electron chi connectivity index (χ0n) is 9.17. The van der Waals surface area contributed by atoms with E-state index in [9.17, 15) is 4.39 Å². The molecule has 0 radical (unpaired) electrons. The minimum absolute atomic E-state index is 0.165. The van der Waals surface area contributed by atoms with Crippen LogP contribution < -0.4 is 5.73 Å². The molecule has 2 heteroatoms. The largest absolute Gasteiger partial charge is 0.330 e. The Labute approximate surface area is 90.5 Å². The smallest absolute Gasteiger partial charge is 0.123 e. The van der Waals surface area contributed by atoms with E-state index >= 15 is 0 Å². The first-order valence-electron chi connectivity index (χ1n) is 5.63. The van der Waals surface area contributed by atoms with Crippen molar-refractivity contribution < 1.29 is 4.39 Å². The minimum Gasteiger partial charge on any atom is -0.330 e. The summed E-state index contributed by atoms with van der Waals surface area (Å²) in [5.41, 5.74) is 7.35. The maximum atomic E-state index is 12.8. The highest BCUT2D eigenvalue weighted by atomic mass is 19.1. The molecular formula is C13H18FN. The number of nitrogens with two attached hydrogens (primary N) is 1. The van der Waals surface area contributed by atoms with Crippen molar-refractivity contribution in [1.29, 1.82) is 0 Å². The summed E-state index contributed by atoms with van der Waals surface area (Å²) in [6.45, 7) is 2.95. The van der Waals surface area contributed by atoms with E-state index < -0.39 is 0 Å². The zero-order valence-corrected chi connectivity index (χ0v) is 9.17. The predicted molar refractivity (Wildman–Crippen MR) is 60.2 cm³/mol. The molecule has 1 atom stereocenters. The van der Waals surface area contributed by atoms with Crippen molar-refractivity contribution in [2.24, 2.45) is 11.1 Å². The Hall–Kier alpha value is -0.890. The molecule has 1 saturated carbocycles. The molecule has 1 aliphatic rings. The van der Waals surface area contributed by atoms with Gasteiger partial charge in [-0.15, -0.1) is 0 Å². The van der Waals surface area contributed by atoms with Crippen LogP contribution in [0.15, 0.2) is 24.3 Å². The second kappa shape index (κ2) is 3.93. The molecule has 15 heavy (non-hydrogen) atoms. The maximum Gasteiger partial charge on any atom is 0.123 e. The molecule has 0 saturated heterocycles. The Morgan fingerprint density at radius 3 is 2.33 bits per heavy atom. The molecule has 2 N–H and O–H groups in total. The van der Waals surface area contributed by atoms with Gasteiger partial charge in [-0.25, -0.2) is 4.39 Å². The van der Waals surface area contributed by atoms with Crippen molar-refractivity contribution in [3.8, 4) is 0 Å². The van der Waals surface area contributed by atoms with Gasteiger partial charge in [0.15, 0.2) is 0 Å². The Morgan fingerprint density at radius 2 is 1.93 bits per heavy atom. The van der Waals surface area contributed by atoms with E-state index in [0.29, 0.717) is 5.92 Å². The first kappa shape index (κ1) is 10.6. The van der Waals surface area contributed by atoms with Gasteiger partial charge in [0, 0.05) is 0 Å². The molecule has 1 aromatic rings. The third-order valence-electron chi connectivity index (χ3n) is 4.04. The molecule has 0 aromatic heterocycles. The summed E-state index contributed by atoms with van der Waals surface area (Å²) in [5.74, 6) is 0.276. The van der Waals surface area contributed by atoms with Crippen LogP contribution in [0, 0.1) is 11.2 Å². The quantitative estimate of drug-likeness (QED) is 0.810. The van der Waals surface area contributed by atoms with Crippen molar-refractivity contribution >= 4 is 0 Å². The fourth-order valence-corrected chi connectivity index (χ4v) is 2.55. The monoisotopic (exact) mass is 207 g/mol. The van der Waals surface area contributed by atoms with Gasteiger partial charge in [-0.3, -0.25) is 0 Å². The van der Waals surface area contributed by atoms with Crippen LogP contribution in [0.3, 0.4) is 0 Å². The lowest BCUT2D eigenvalue weighted by atomic mass is 9.60. The van der Waals surface area contributed by atoms with Crippen LogP contribution in [-0.2, 0) is 0 Å². The van der Waals surface area contributed by atoms with Gasteiger partial charge in [0.25, 0.3) is 0 Å². The molecule has 0 heterocycles. The van der Waals surface area contributed by atoms with Crippen LogP contribution in [-0.4, -0.2) is 6.54 Å². The maximum absolute atomic E-state index is 12.8. The molecule has 0 spiro atoms. The Bertz CT molecular complexity index is 321. The number of hydrogen-bond donors (Lipinski definition) is 1.